The lowest BCUT2D eigenvalue weighted by atomic mass is 10.1. The van der Waals surface area contributed by atoms with Crippen LogP contribution >= 0.6 is 11.6 Å². The molecule has 1 aromatic heterocycles. The molecule has 0 unspecified atom stereocenters. The first kappa shape index (κ1) is 20.7. The van der Waals surface area contributed by atoms with E-state index in [0.29, 0.717) is 16.3 Å². The van der Waals surface area contributed by atoms with Gasteiger partial charge < -0.3 is 5.11 Å². The Kier molecular flexibility index (Phi) is 5.30. The van der Waals surface area contributed by atoms with Crippen molar-refractivity contribution in [2.45, 2.75) is 9.92 Å². The third kappa shape index (κ3) is 3.92. The second-order valence-electron chi connectivity index (χ2n) is 6.47. The van der Waals surface area contributed by atoms with Crippen molar-refractivity contribution in [3.05, 3.63) is 89.2 Å². The number of aromatic carboxylic acids is 1. The fourth-order valence-electron chi connectivity index (χ4n) is 2.95. The third-order valence-electron chi connectivity index (χ3n) is 4.49. The average molecular weight is 458 g/mol. The topological polar surface area (TPSA) is 102 Å². The monoisotopic (exact) mass is 457 g/mol. The number of carboxylic acid groups (broad SMARTS) is 1. The highest BCUT2D eigenvalue weighted by Crippen LogP contribution is 2.32. The van der Waals surface area contributed by atoms with E-state index in [4.69, 9.17) is 16.7 Å². The lowest BCUT2D eigenvalue weighted by Crippen LogP contribution is -2.06. The van der Waals surface area contributed by atoms with Crippen LogP contribution in [0.3, 0.4) is 0 Å². The number of carboxylic acids is 1. The van der Waals surface area contributed by atoms with Crippen molar-refractivity contribution >= 4 is 27.4 Å². The van der Waals surface area contributed by atoms with Crippen LogP contribution < -0.4 is 0 Å². The van der Waals surface area contributed by atoms with Crippen LogP contribution in [0.25, 0.3) is 16.9 Å². The van der Waals surface area contributed by atoms with Crippen molar-refractivity contribution < 1.29 is 22.7 Å². The van der Waals surface area contributed by atoms with Gasteiger partial charge in [-0.2, -0.15) is 0 Å². The molecular weight excluding hydrogens is 445 g/mol. The third-order valence-corrected chi connectivity index (χ3v) is 6.42. The summed E-state index contributed by atoms with van der Waals surface area (Å²) >= 11 is 5.97. The predicted molar refractivity (Wildman–Crippen MR) is 111 cm³/mol. The molecular formula is C21H13ClFN3O4S. The molecule has 0 radical (unpaired) electrons. The van der Waals surface area contributed by atoms with E-state index in [0.717, 1.165) is 24.3 Å². The van der Waals surface area contributed by atoms with E-state index in [9.17, 15) is 17.6 Å². The maximum atomic E-state index is 13.3. The van der Waals surface area contributed by atoms with E-state index < -0.39 is 21.6 Å². The number of sulfone groups is 1. The number of aromatic nitrogens is 3. The molecule has 0 aliphatic carbocycles. The molecule has 0 amide bonds. The number of hydrogen-bond acceptors (Lipinski definition) is 5. The quantitative estimate of drug-likeness (QED) is 0.449. The molecule has 31 heavy (non-hydrogen) atoms. The van der Waals surface area contributed by atoms with Crippen LogP contribution in [0.2, 0.25) is 5.02 Å². The highest BCUT2D eigenvalue weighted by atomic mass is 35.5. The first-order valence-electron chi connectivity index (χ1n) is 8.83. The number of benzene rings is 3. The van der Waals surface area contributed by atoms with Crippen molar-refractivity contribution in [2.75, 3.05) is 0 Å². The van der Waals surface area contributed by atoms with E-state index >= 15 is 0 Å². The van der Waals surface area contributed by atoms with Crippen LogP contribution in [-0.4, -0.2) is 34.5 Å². The summed E-state index contributed by atoms with van der Waals surface area (Å²) in [5.41, 5.74) is 1.10. The smallest absolute Gasteiger partial charge is 0.335 e. The summed E-state index contributed by atoms with van der Waals surface area (Å²) in [5.74, 6) is -1.67. The second kappa shape index (κ2) is 7.93. The summed E-state index contributed by atoms with van der Waals surface area (Å²) in [6.45, 7) is 0. The van der Waals surface area contributed by atoms with Gasteiger partial charge >= 0.3 is 5.97 Å². The Morgan fingerprint density at radius 2 is 1.55 bits per heavy atom. The van der Waals surface area contributed by atoms with Gasteiger partial charge in [0.15, 0.2) is 0 Å². The van der Waals surface area contributed by atoms with Gasteiger partial charge in [-0.25, -0.2) is 22.3 Å². The molecule has 7 nitrogen and oxygen atoms in total. The van der Waals surface area contributed by atoms with Crippen molar-refractivity contribution in [3.63, 3.8) is 0 Å². The Balaban J connectivity index is 1.93. The molecule has 0 bridgehead atoms. The molecule has 0 fully saturated rings. The lowest BCUT2D eigenvalue weighted by Gasteiger charge is -2.10. The largest absolute Gasteiger partial charge is 0.478 e. The molecule has 0 saturated heterocycles. The van der Waals surface area contributed by atoms with Crippen molar-refractivity contribution in [2.24, 2.45) is 0 Å². The van der Waals surface area contributed by atoms with E-state index in [1.54, 1.807) is 24.3 Å². The van der Waals surface area contributed by atoms with Crippen molar-refractivity contribution in [1.82, 2.24) is 15.0 Å². The van der Waals surface area contributed by atoms with Gasteiger partial charge in [0.1, 0.15) is 11.5 Å². The summed E-state index contributed by atoms with van der Waals surface area (Å²) in [6, 6.07) is 16.5. The Hall–Kier alpha value is -3.56. The normalized spacial score (nSPS) is 11.4. The molecule has 0 aliphatic heterocycles. The summed E-state index contributed by atoms with van der Waals surface area (Å²) < 4.78 is 41.1. The average Bonchev–Trinajstić information content (AvgIpc) is 3.21. The minimum absolute atomic E-state index is 0.0658. The standard InChI is InChI=1S/C21H13ClFN3O4S/c22-15-5-1-13(2-6-15)19-20(31(29,30)18-11-7-16(23)8-12-18)24-25-26(19)17-9-3-14(4-10-17)21(27)28/h1-12H,(H,27,28). The number of halogens is 2. The SMILES string of the molecule is O=C(O)c1ccc(-n2nnc(S(=O)(=O)c3ccc(F)cc3)c2-c2ccc(Cl)cc2)cc1. The van der Waals surface area contributed by atoms with E-state index in [1.807, 2.05) is 0 Å². The molecule has 1 heterocycles. The number of nitrogens with zero attached hydrogens (tertiary/aromatic N) is 3. The maximum absolute atomic E-state index is 13.3. The number of hydrogen-bond donors (Lipinski definition) is 1. The van der Waals surface area contributed by atoms with Gasteiger partial charge in [-0.1, -0.05) is 28.9 Å². The highest BCUT2D eigenvalue weighted by molar-refractivity contribution is 7.91. The Labute approximate surface area is 181 Å². The van der Waals surface area contributed by atoms with Gasteiger partial charge in [-0.15, -0.1) is 5.10 Å². The van der Waals surface area contributed by atoms with Crippen LogP contribution in [-0.2, 0) is 9.84 Å². The Morgan fingerprint density at radius 3 is 2.13 bits per heavy atom. The minimum Gasteiger partial charge on any atom is -0.478 e. The molecule has 0 atom stereocenters. The number of carbonyl (C=O) groups is 1. The van der Waals surface area contributed by atoms with Gasteiger partial charge in [-0.05, 0) is 60.7 Å². The summed E-state index contributed by atoms with van der Waals surface area (Å²) in [6.07, 6.45) is 0. The van der Waals surface area contributed by atoms with Crippen LogP contribution in [0, 0.1) is 5.82 Å². The fourth-order valence-corrected chi connectivity index (χ4v) is 4.40. The van der Waals surface area contributed by atoms with Crippen LogP contribution in [0.15, 0.2) is 82.7 Å². The molecule has 4 aromatic rings. The molecule has 0 aliphatic rings. The fraction of sp³-hybridized carbons (Fsp3) is 0. The molecule has 156 valence electrons. The van der Waals surface area contributed by atoms with E-state index in [-0.39, 0.29) is 21.2 Å². The first-order chi connectivity index (χ1) is 14.8. The van der Waals surface area contributed by atoms with Gasteiger partial charge in [0, 0.05) is 10.6 Å². The van der Waals surface area contributed by atoms with Crippen molar-refractivity contribution in [1.29, 1.82) is 0 Å². The molecule has 4 rings (SSSR count). The zero-order valence-electron chi connectivity index (χ0n) is 15.6. The molecule has 10 heteroatoms. The van der Waals surface area contributed by atoms with Gasteiger partial charge in [0.2, 0.25) is 14.9 Å². The van der Waals surface area contributed by atoms with E-state index in [1.165, 1.54) is 28.9 Å². The molecule has 0 saturated carbocycles. The van der Waals surface area contributed by atoms with Gasteiger partial charge in [-0.3, -0.25) is 0 Å². The van der Waals surface area contributed by atoms with Crippen molar-refractivity contribution in [3.8, 4) is 16.9 Å². The van der Waals surface area contributed by atoms with Crippen LogP contribution in [0.4, 0.5) is 4.39 Å². The number of rotatable bonds is 5. The van der Waals surface area contributed by atoms with E-state index in [2.05, 4.69) is 10.3 Å². The van der Waals surface area contributed by atoms with Gasteiger partial charge in [0.05, 0.1) is 16.1 Å². The second-order valence-corrected chi connectivity index (χ2v) is 8.77. The van der Waals surface area contributed by atoms with Gasteiger partial charge in [0.25, 0.3) is 0 Å². The highest BCUT2D eigenvalue weighted by Gasteiger charge is 2.29. The van der Waals surface area contributed by atoms with Crippen LogP contribution in [0.1, 0.15) is 10.4 Å². The Morgan fingerprint density at radius 1 is 0.935 bits per heavy atom. The minimum atomic E-state index is -4.14. The molecule has 1 N–H and O–H groups in total. The molecule has 3 aromatic carbocycles. The zero-order chi connectivity index (χ0) is 22.2. The molecule has 0 spiro atoms. The lowest BCUT2D eigenvalue weighted by molar-refractivity contribution is 0.0697. The Bertz CT molecular complexity index is 1370. The zero-order valence-corrected chi connectivity index (χ0v) is 17.2. The van der Waals surface area contributed by atoms with Crippen LogP contribution in [0.5, 0.6) is 0 Å². The predicted octanol–water partition coefficient (Wildman–Crippen LogP) is 4.26. The summed E-state index contributed by atoms with van der Waals surface area (Å²) in [7, 11) is -4.14. The maximum Gasteiger partial charge on any atom is 0.335 e. The summed E-state index contributed by atoms with van der Waals surface area (Å²) in [5, 5.41) is 17.1. The summed E-state index contributed by atoms with van der Waals surface area (Å²) in [4.78, 5) is 11.0. The first-order valence-corrected chi connectivity index (χ1v) is 10.7.